The van der Waals surface area contributed by atoms with Gasteiger partial charge in [-0.25, -0.2) is 14.2 Å². The van der Waals surface area contributed by atoms with E-state index in [1.807, 2.05) is 13.0 Å². The molecule has 0 N–H and O–H groups in total. The minimum atomic E-state index is -0.392. The van der Waals surface area contributed by atoms with E-state index in [9.17, 15) is 14.0 Å². The summed E-state index contributed by atoms with van der Waals surface area (Å²) in [5.74, 6) is 0.155. The fourth-order valence-electron chi connectivity index (χ4n) is 3.59. The molecule has 9 heteroatoms. The van der Waals surface area contributed by atoms with Crippen LogP contribution in [0.25, 0.3) is 6.08 Å². The normalized spacial score (nSPS) is 15.3. The number of likely N-dealkylation sites (N-methyl/N-ethyl adjacent to an activating group) is 1. The van der Waals surface area contributed by atoms with E-state index in [0.29, 0.717) is 51.6 Å². The average molecular weight is 535 g/mol. The van der Waals surface area contributed by atoms with Crippen molar-refractivity contribution in [2.45, 2.75) is 20.5 Å². The molecule has 0 unspecified atom stereocenters. The van der Waals surface area contributed by atoms with Crippen molar-refractivity contribution in [3.8, 4) is 11.5 Å². The van der Waals surface area contributed by atoms with Crippen LogP contribution in [-0.4, -0.2) is 42.2 Å². The largest absolute Gasteiger partial charge is 0.490 e. The maximum atomic E-state index is 13.5. The van der Waals surface area contributed by atoms with Crippen molar-refractivity contribution >= 4 is 40.6 Å². The van der Waals surface area contributed by atoms with Crippen LogP contribution in [0.5, 0.6) is 11.5 Å². The van der Waals surface area contributed by atoms with Crippen molar-refractivity contribution in [1.82, 2.24) is 4.90 Å². The van der Waals surface area contributed by atoms with Gasteiger partial charge in [0.15, 0.2) is 16.7 Å². The van der Waals surface area contributed by atoms with Crippen LogP contribution in [0.1, 0.15) is 35.3 Å². The zero-order valence-corrected chi connectivity index (χ0v) is 22.1. The van der Waals surface area contributed by atoms with Gasteiger partial charge in [0, 0.05) is 7.05 Å². The van der Waals surface area contributed by atoms with Crippen molar-refractivity contribution in [2.75, 3.05) is 20.3 Å². The highest BCUT2D eigenvalue weighted by Crippen LogP contribution is 2.35. The van der Waals surface area contributed by atoms with Gasteiger partial charge in [-0.3, -0.25) is 9.69 Å². The van der Waals surface area contributed by atoms with Crippen molar-refractivity contribution in [3.63, 3.8) is 0 Å². The summed E-state index contributed by atoms with van der Waals surface area (Å²) < 4.78 is 30.1. The number of aliphatic imine (C=N–C) groups is 1. The minimum absolute atomic E-state index is 0.179. The summed E-state index contributed by atoms with van der Waals surface area (Å²) in [7, 11) is 1.66. The van der Waals surface area contributed by atoms with Gasteiger partial charge in [0.25, 0.3) is 5.91 Å². The molecular weight excluding hydrogens is 507 g/mol. The minimum Gasteiger partial charge on any atom is -0.490 e. The number of esters is 1. The van der Waals surface area contributed by atoms with Crippen LogP contribution in [0.4, 0.5) is 10.1 Å². The third-order valence-electron chi connectivity index (χ3n) is 5.46. The fraction of sp³-hybridized carbons (Fsp3) is 0.207. The molecule has 0 aromatic heterocycles. The maximum absolute atomic E-state index is 13.5. The monoisotopic (exact) mass is 534 g/mol. The van der Waals surface area contributed by atoms with E-state index >= 15 is 0 Å². The quantitative estimate of drug-likeness (QED) is 0.240. The number of halogens is 1. The van der Waals surface area contributed by atoms with Crippen molar-refractivity contribution in [3.05, 3.63) is 94.1 Å². The van der Waals surface area contributed by atoms with E-state index in [1.165, 1.54) is 28.8 Å². The number of amidine groups is 1. The summed E-state index contributed by atoms with van der Waals surface area (Å²) in [6.07, 6.45) is 1.77. The van der Waals surface area contributed by atoms with E-state index in [4.69, 9.17) is 14.2 Å². The smallest absolute Gasteiger partial charge is 0.338 e. The standard InChI is InChI=1S/C29H27FN2O5S/c1-4-35-25-16-19(9-14-24(25)37-18-20-7-6-8-22(30)15-20)17-26-27(33)32(3)29(38-26)31-23-12-10-21(11-13-23)28(34)36-5-2/h6-17H,4-5,18H2,1-3H3. The van der Waals surface area contributed by atoms with E-state index in [0.717, 1.165) is 5.56 Å². The lowest BCUT2D eigenvalue weighted by Gasteiger charge is -2.13. The van der Waals surface area contributed by atoms with Crippen molar-refractivity contribution < 1.29 is 28.2 Å². The molecule has 1 fully saturated rings. The Morgan fingerprint density at radius 2 is 1.79 bits per heavy atom. The molecule has 1 amide bonds. The molecule has 3 aromatic rings. The number of thioether (sulfide) groups is 1. The molecule has 0 bridgehead atoms. The molecule has 0 aliphatic carbocycles. The highest BCUT2D eigenvalue weighted by atomic mass is 32.2. The second-order valence-electron chi connectivity index (χ2n) is 8.19. The number of rotatable bonds is 9. The molecule has 0 spiro atoms. The zero-order valence-electron chi connectivity index (χ0n) is 21.3. The van der Waals surface area contributed by atoms with Gasteiger partial charge in [-0.15, -0.1) is 0 Å². The van der Waals surface area contributed by atoms with Crippen LogP contribution >= 0.6 is 11.8 Å². The molecule has 3 aromatic carbocycles. The van der Waals surface area contributed by atoms with Crippen LogP contribution in [0.3, 0.4) is 0 Å². The molecule has 4 rings (SSSR count). The third kappa shape index (κ3) is 6.60. The number of amides is 1. The molecular formula is C29H27FN2O5S. The van der Waals surface area contributed by atoms with E-state index in [-0.39, 0.29) is 18.3 Å². The predicted octanol–water partition coefficient (Wildman–Crippen LogP) is 6.21. The van der Waals surface area contributed by atoms with Gasteiger partial charge in [-0.05, 0) is 91.3 Å². The van der Waals surface area contributed by atoms with Crippen LogP contribution in [-0.2, 0) is 16.1 Å². The Bertz CT molecular complexity index is 1390. The van der Waals surface area contributed by atoms with Crippen molar-refractivity contribution in [1.29, 1.82) is 0 Å². The van der Waals surface area contributed by atoms with Crippen molar-refractivity contribution in [2.24, 2.45) is 4.99 Å². The molecule has 38 heavy (non-hydrogen) atoms. The van der Waals surface area contributed by atoms with Gasteiger partial charge in [0.1, 0.15) is 12.4 Å². The summed E-state index contributed by atoms with van der Waals surface area (Å²) in [6, 6.07) is 18.3. The Morgan fingerprint density at radius 1 is 1.00 bits per heavy atom. The van der Waals surface area contributed by atoms with Gasteiger partial charge < -0.3 is 14.2 Å². The van der Waals surface area contributed by atoms with Crippen LogP contribution in [0, 0.1) is 5.82 Å². The Kier molecular flexibility index (Phi) is 8.81. The lowest BCUT2D eigenvalue weighted by atomic mass is 10.1. The first-order valence-electron chi connectivity index (χ1n) is 12.1. The van der Waals surface area contributed by atoms with Gasteiger partial charge in [-0.2, -0.15) is 0 Å². The fourth-order valence-corrected chi connectivity index (χ4v) is 4.58. The number of hydrogen-bond donors (Lipinski definition) is 0. The van der Waals surface area contributed by atoms with Gasteiger partial charge in [-0.1, -0.05) is 18.2 Å². The van der Waals surface area contributed by atoms with E-state index < -0.39 is 5.97 Å². The Balaban J connectivity index is 1.50. The predicted molar refractivity (Wildman–Crippen MR) is 146 cm³/mol. The summed E-state index contributed by atoms with van der Waals surface area (Å²) in [4.78, 5) is 31.3. The first-order chi connectivity index (χ1) is 18.4. The maximum Gasteiger partial charge on any atom is 0.338 e. The van der Waals surface area contributed by atoms with Crippen LogP contribution in [0.15, 0.2) is 76.6 Å². The molecule has 1 heterocycles. The number of hydrogen-bond acceptors (Lipinski definition) is 7. The topological polar surface area (TPSA) is 77.4 Å². The molecule has 1 aliphatic rings. The number of ether oxygens (including phenoxy) is 3. The Hall–Kier alpha value is -4.11. The Morgan fingerprint density at radius 3 is 2.50 bits per heavy atom. The van der Waals surface area contributed by atoms with Gasteiger partial charge in [0.2, 0.25) is 0 Å². The van der Waals surface area contributed by atoms with Crippen LogP contribution < -0.4 is 9.47 Å². The number of benzene rings is 3. The summed E-state index contributed by atoms with van der Waals surface area (Å²) in [6.45, 7) is 4.55. The Labute approximate surface area is 224 Å². The first-order valence-corrected chi connectivity index (χ1v) is 12.9. The molecule has 7 nitrogen and oxygen atoms in total. The average Bonchev–Trinajstić information content (AvgIpc) is 3.16. The molecule has 0 atom stereocenters. The lowest BCUT2D eigenvalue weighted by Crippen LogP contribution is -2.23. The second kappa shape index (κ2) is 12.4. The van der Waals surface area contributed by atoms with E-state index in [1.54, 1.807) is 68.6 Å². The summed E-state index contributed by atoms with van der Waals surface area (Å²) in [5.41, 5.74) is 2.51. The molecule has 0 saturated carbocycles. The summed E-state index contributed by atoms with van der Waals surface area (Å²) >= 11 is 1.26. The lowest BCUT2D eigenvalue weighted by molar-refractivity contribution is -0.121. The molecule has 0 radical (unpaired) electrons. The number of nitrogens with zero attached hydrogens (tertiary/aromatic N) is 2. The first kappa shape index (κ1) is 26.9. The molecule has 196 valence electrons. The summed E-state index contributed by atoms with van der Waals surface area (Å²) in [5, 5.41) is 0.519. The van der Waals surface area contributed by atoms with Gasteiger partial charge >= 0.3 is 5.97 Å². The van der Waals surface area contributed by atoms with Gasteiger partial charge in [0.05, 0.1) is 29.4 Å². The zero-order chi connectivity index (χ0) is 27.1. The molecule has 1 aliphatic heterocycles. The SMILES string of the molecule is CCOC(=O)c1ccc(N=C2SC(=Cc3ccc(OCc4cccc(F)c4)c(OCC)c3)C(=O)N2C)cc1. The highest BCUT2D eigenvalue weighted by molar-refractivity contribution is 8.18. The third-order valence-corrected chi connectivity index (χ3v) is 6.52. The highest BCUT2D eigenvalue weighted by Gasteiger charge is 2.30. The number of carbonyl (C=O) groups excluding carboxylic acids is 2. The molecule has 1 saturated heterocycles. The second-order valence-corrected chi connectivity index (χ2v) is 9.20. The van der Waals surface area contributed by atoms with Crippen LogP contribution in [0.2, 0.25) is 0 Å². The number of carbonyl (C=O) groups is 2. The van der Waals surface area contributed by atoms with E-state index in [2.05, 4.69) is 4.99 Å².